The summed E-state index contributed by atoms with van der Waals surface area (Å²) in [6.07, 6.45) is 8.76. The maximum absolute atomic E-state index is 9.49. The molecule has 0 amide bonds. The lowest BCUT2D eigenvalue weighted by atomic mass is 10.4. The Labute approximate surface area is 90.5 Å². The first kappa shape index (κ1) is 13.4. The maximum Gasteiger partial charge on any atom is 0.243 e. The van der Waals surface area contributed by atoms with E-state index in [0.717, 1.165) is 6.54 Å². The second kappa shape index (κ2) is 7.79. The molecule has 0 aromatic carbocycles. The third-order valence-corrected chi connectivity index (χ3v) is 1.62. The van der Waals surface area contributed by atoms with Crippen LogP contribution in [0.1, 0.15) is 19.8 Å². The van der Waals surface area contributed by atoms with Gasteiger partial charge < -0.3 is 9.90 Å². The predicted molar refractivity (Wildman–Crippen MR) is 55.7 cm³/mol. The molecular weight excluding hydrogens is 192 g/mol. The minimum atomic E-state index is -0.961. The van der Waals surface area contributed by atoms with Crippen molar-refractivity contribution in [2.75, 3.05) is 0 Å². The molecule has 15 heavy (non-hydrogen) atoms. The normalized spacial score (nSPS) is 8.93. The number of carbonyl (C=O) groups excluding carboxylic acids is 1. The van der Waals surface area contributed by atoms with Gasteiger partial charge in [-0.05, 0) is 6.42 Å². The number of rotatable bonds is 4. The first-order valence-electron chi connectivity index (χ1n) is 4.91. The number of allylic oxidation sites excluding steroid dienone is 1. The fourth-order valence-corrected chi connectivity index (χ4v) is 0.963. The minimum absolute atomic E-state index is 0.181. The van der Waals surface area contributed by atoms with Gasteiger partial charge in [0.1, 0.15) is 18.9 Å². The van der Waals surface area contributed by atoms with E-state index in [0.29, 0.717) is 6.42 Å². The summed E-state index contributed by atoms with van der Waals surface area (Å²) in [5, 5.41) is 9.49. The molecule has 0 bridgehead atoms. The molecule has 84 valence electrons. The Morgan fingerprint density at radius 2 is 2.33 bits per heavy atom. The van der Waals surface area contributed by atoms with Gasteiger partial charge in [-0.1, -0.05) is 26.0 Å². The summed E-state index contributed by atoms with van der Waals surface area (Å²) in [5.41, 5.74) is 0. The van der Waals surface area contributed by atoms with Gasteiger partial charge in [0.2, 0.25) is 6.33 Å². The van der Waals surface area contributed by atoms with Crippen LogP contribution >= 0.6 is 0 Å². The van der Waals surface area contributed by atoms with Crippen LogP contribution in [-0.4, -0.2) is 10.5 Å². The predicted octanol–water partition coefficient (Wildman–Crippen LogP) is 0.0350. The summed E-state index contributed by atoms with van der Waals surface area (Å²) in [4.78, 5) is 9.49. The van der Waals surface area contributed by atoms with E-state index in [9.17, 15) is 9.90 Å². The van der Waals surface area contributed by atoms with Crippen molar-refractivity contribution in [1.29, 1.82) is 0 Å². The number of aliphatic carboxylic acids is 1. The smallest absolute Gasteiger partial charge is 0.243 e. The molecule has 4 nitrogen and oxygen atoms in total. The number of carboxylic acids is 1. The Kier molecular flexibility index (Phi) is 6.97. The quantitative estimate of drug-likeness (QED) is 0.520. The van der Waals surface area contributed by atoms with Gasteiger partial charge in [0.15, 0.2) is 0 Å². The van der Waals surface area contributed by atoms with Crippen molar-refractivity contribution in [2.45, 2.75) is 26.3 Å². The van der Waals surface area contributed by atoms with E-state index in [1.807, 2.05) is 36.4 Å². The van der Waals surface area contributed by atoms with Gasteiger partial charge in [0.25, 0.3) is 0 Å². The van der Waals surface area contributed by atoms with E-state index in [4.69, 9.17) is 0 Å². The van der Waals surface area contributed by atoms with Crippen LogP contribution in [0.3, 0.4) is 0 Å². The fourth-order valence-electron chi connectivity index (χ4n) is 0.963. The van der Waals surface area contributed by atoms with Crippen molar-refractivity contribution < 1.29 is 14.5 Å². The zero-order chi connectivity index (χ0) is 11.7. The average Bonchev–Trinajstić information content (AvgIpc) is 2.53. The van der Waals surface area contributed by atoms with Crippen molar-refractivity contribution in [3.63, 3.8) is 0 Å². The molecule has 0 atom stereocenters. The molecule has 1 aromatic heterocycles. The van der Waals surface area contributed by atoms with Crippen LogP contribution in [0.4, 0.5) is 0 Å². The van der Waals surface area contributed by atoms with Gasteiger partial charge in [0, 0.05) is 5.97 Å². The molecule has 0 radical (unpaired) electrons. The molecule has 0 spiro atoms. The van der Waals surface area contributed by atoms with E-state index >= 15 is 0 Å². The lowest BCUT2D eigenvalue weighted by Crippen LogP contribution is -2.29. The molecule has 0 aliphatic carbocycles. The van der Waals surface area contributed by atoms with E-state index < -0.39 is 5.97 Å². The van der Waals surface area contributed by atoms with Crippen LogP contribution in [0.2, 0.25) is 0 Å². The number of carbonyl (C=O) groups is 1. The highest BCUT2D eigenvalue weighted by Crippen LogP contribution is 1.79. The second-order valence-electron chi connectivity index (χ2n) is 3.19. The Morgan fingerprint density at radius 3 is 2.60 bits per heavy atom. The van der Waals surface area contributed by atoms with Crippen molar-refractivity contribution >= 4 is 5.97 Å². The van der Waals surface area contributed by atoms with Gasteiger partial charge in [-0.3, -0.25) is 0 Å². The molecule has 0 fully saturated rings. The Bertz CT molecular complexity index is 305. The summed E-state index contributed by atoms with van der Waals surface area (Å²) in [5.74, 6) is -0.961. The number of carboxylic acid groups (broad SMARTS) is 1. The van der Waals surface area contributed by atoms with Gasteiger partial charge in [-0.15, -0.1) is 0 Å². The number of aromatic nitrogens is 2. The lowest BCUT2D eigenvalue weighted by Gasteiger charge is -1.92. The molecular formula is C11H18N2O2. The number of nitrogens with zero attached hydrogens (tertiary/aromatic N) is 2. The van der Waals surface area contributed by atoms with Gasteiger partial charge in [-0.2, -0.15) is 0 Å². The molecule has 1 heterocycles. The zero-order valence-electron chi connectivity index (χ0n) is 9.35. The van der Waals surface area contributed by atoms with Crippen LogP contribution in [0, 0.1) is 0 Å². The highest BCUT2D eigenvalue weighted by molar-refractivity contribution is 5.63. The van der Waals surface area contributed by atoms with Crippen molar-refractivity contribution in [3.8, 4) is 0 Å². The maximum atomic E-state index is 9.49. The van der Waals surface area contributed by atoms with Crippen molar-refractivity contribution in [1.82, 2.24) is 4.57 Å². The van der Waals surface area contributed by atoms with Crippen LogP contribution in [0.25, 0.3) is 0 Å². The summed E-state index contributed by atoms with van der Waals surface area (Å²) >= 11 is 0. The number of aryl methyl sites for hydroxylation is 1. The molecule has 0 aliphatic heterocycles. The molecule has 0 saturated heterocycles. The Hall–Kier alpha value is -1.58. The van der Waals surface area contributed by atoms with Crippen LogP contribution < -0.4 is 9.67 Å². The molecule has 1 aromatic rings. The van der Waals surface area contributed by atoms with E-state index in [2.05, 4.69) is 11.1 Å². The molecule has 0 saturated carbocycles. The molecule has 1 rings (SSSR count). The van der Waals surface area contributed by atoms with Crippen molar-refractivity contribution in [2.24, 2.45) is 7.05 Å². The monoisotopic (exact) mass is 210 g/mol. The number of hydrogen-bond acceptors (Lipinski definition) is 2. The fraction of sp³-hybridized carbons (Fsp3) is 0.455. The van der Waals surface area contributed by atoms with Crippen molar-refractivity contribution in [3.05, 3.63) is 31.4 Å². The first-order valence-corrected chi connectivity index (χ1v) is 4.91. The van der Waals surface area contributed by atoms with Crippen LogP contribution in [0.15, 0.2) is 31.4 Å². The van der Waals surface area contributed by atoms with E-state index in [1.54, 1.807) is 6.92 Å². The Balaban J connectivity index is 0.000000288. The van der Waals surface area contributed by atoms with E-state index in [1.165, 1.54) is 0 Å². The summed E-state index contributed by atoms with van der Waals surface area (Å²) in [6.45, 7) is 6.33. The van der Waals surface area contributed by atoms with Gasteiger partial charge in [0.05, 0.1) is 7.05 Å². The third kappa shape index (κ3) is 7.49. The summed E-state index contributed by atoms with van der Waals surface area (Å²) in [6, 6.07) is 0. The number of imidazole rings is 1. The lowest BCUT2D eigenvalue weighted by molar-refractivity contribution is -0.686. The van der Waals surface area contributed by atoms with Crippen LogP contribution in [-0.2, 0) is 18.4 Å². The average molecular weight is 210 g/mol. The topological polar surface area (TPSA) is 48.9 Å². The molecule has 0 aliphatic rings. The molecule has 0 unspecified atom stereocenters. The third-order valence-electron chi connectivity index (χ3n) is 1.62. The largest absolute Gasteiger partial charge is 0.550 e. The standard InChI is InChI=1S/C7H11N2.C4H8O2/c1-3-4-9-6-5-8(2)7-9;1-2-3-4(5)6/h3,5-7H,1,4H2,2H3;2-3H2,1H3,(H,5,6)/q+1;/p-1. The summed E-state index contributed by atoms with van der Waals surface area (Å²) in [7, 11) is 2.00. The highest BCUT2D eigenvalue weighted by atomic mass is 16.4. The Morgan fingerprint density at radius 1 is 1.67 bits per heavy atom. The first-order chi connectivity index (χ1) is 7.10. The SMILES string of the molecule is C=CC[n+]1ccn(C)c1.CCCC(=O)[O-]. The number of hydrogen-bond donors (Lipinski definition) is 0. The van der Waals surface area contributed by atoms with Crippen LogP contribution in [0.5, 0.6) is 0 Å². The second-order valence-corrected chi connectivity index (χ2v) is 3.19. The van der Waals surface area contributed by atoms with E-state index in [-0.39, 0.29) is 6.42 Å². The summed E-state index contributed by atoms with van der Waals surface area (Å²) < 4.78 is 4.07. The minimum Gasteiger partial charge on any atom is -0.550 e. The molecule has 0 N–H and O–H groups in total. The zero-order valence-corrected chi connectivity index (χ0v) is 9.35. The van der Waals surface area contributed by atoms with Gasteiger partial charge in [-0.25, -0.2) is 9.13 Å². The molecule has 4 heteroatoms. The van der Waals surface area contributed by atoms with Gasteiger partial charge >= 0.3 is 0 Å². The highest BCUT2D eigenvalue weighted by Gasteiger charge is 1.93.